The molecule has 3 heterocycles. The van der Waals surface area contributed by atoms with E-state index in [1.165, 1.54) is 24.8 Å². The van der Waals surface area contributed by atoms with Crippen molar-refractivity contribution in [1.29, 1.82) is 0 Å². The number of pyridine rings is 1. The lowest BCUT2D eigenvalue weighted by atomic mass is 9.95. The molecule has 5 nitrogen and oxygen atoms in total. The predicted octanol–water partition coefficient (Wildman–Crippen LogP) is 7.10. The number of benzene rings is 2. The van der Waals surface area contributed by atoms with E-state index in [-0.39, 0.29) is 0 Å². The van der Waals surface area contributed by atoms with Crippen molar-refractivity contribution in [3.05, 3.63) is 71.4 Å². The van der Waals surface area contributed by atoms with E-state index in [2.05, 4.69) is 52.3 Å². The minimum atomic E-state index is 0.647. The van der Waals surface area contributed by atoms with Crippen molar-refractivity contribution >= 4 is 34.7 Å². The number of rotatable bonds is 7. The summed E-state index contributed by atoms with van der Waals surface area (Å²) in [6.07, 6.45) is 3.25. The van der Waals surface area contributed by atoms with Gasteiger partial charge < -0.3 is 9.72 Å². The number of nitrogens with one attached hydrogen (secondary N) is 1. The second kappa shape index (κ2) is 10.3. The summed E-state index contributed by atoms with van der Waals surface area (Å²) in [5, 5.41) is 0.647. The van der Waals surface area contributed by atoms with E-state index in [9.17, 15) is 0 Å². The Bertz CT molecular complexity index is 1220. The molecule has 33 heavy (non-hydrogen) atoms. The van der Waals surface area contributed by atoms with Gasteiger partial charge in [0.05, 0.1) is 40.9 Å². The molecule has 0 spiro atoms. The van der Waals surface area contributed by atoms with Crippen LogP contribution in [0.5, 0.6) is 0 Å². The Labute approximate surface area is 202 Å². The van der Waals surface area contributed by atoms with Gasteiger partial charge in [-0.3, -0.25) is 0 Å². The molecule has 1 aliphatic rings. The van der Waals surface area contributed by atoms with Crippen LogP contribution in [0.15, 0.2) is 65.6 Å². The molecule has 0 radical (unpaired) electrons. The summed E-state index contributed by atoms with van der Waals surface area (Å²) >= 11 is 7.82. The van der Waals surface area contributed by atoms with Crippen LogP contribution in [0.4, 0.5) is 0 Å². The summed E-state index contributed by atoms with van der Waals surface area (Å²) in [5.74, 6) is 0.662. The maximum Gasteiger partial charge on any atom is 0.0897 e. The number of H-pyrrole nitrogens is 1. The molecular formula is C26H25ClN2O3S. The van der Waals surface area contributed by atoms with Gasteiger partial charge in [0, 0.05) is 29.4 Å². The lowest BCUT2D eigenvalue weighted by Gasteiger charge is -2.21. The highest BCUT2D eigenvalue weighted by Gasteiger charge is 2.16. The quantitative estimate of drug-likeness (QED) is 0.173. The molecule has 0 saturated carbocycles. The lowest BCUT2D eigenvalue weighted by Crippen LogP contribution is -2.17. The normalized spacial score (nSPS) is 14.7. The molecule has 0 unspecified atom stereocenters. The number of aromatic nitrogens is 2. The molecule has 2 aromatic carbocycles. The average molecular weight is 481 g/mol. The third-order valence-electron chi connectivity index (χ3n) is 6.01. The standard InChI is InChI=1S/C26H25ClN2O3S/c1-30-32-33-22-8-6-19(7-9-22)18-2-4-20(5-3-18)26-23(27)16-25-24(29-26)15-21(28-25)14-17-10-12-31-13-11-17/h2-9,15-17,28H,10-14H2,1H3. The van der Waals surface area contributed by atoms with E-state index >= 15 is 0 Å². The zero-order valence-corrected chi connectivity index (χ0v) is 19.9. The van der Waals surface area contributed by atoms with Crippen LogP contribution >= 0.6 is 23.6 Å². The van der Waals surface area contributed by atoms with E-state index < -0.39 is 0 Å². The van der Waals surface area contributed by atoms with E-state index in [0.717, 1.165) is 70.8 Å². The number of aromatic amines is 1. The van der Waals surface area contributed by atoms with Crippen molar-refractivity contribution < 1.29 is 14.0 Å². The van der Waals surface area contributed by atoms with Gasteiger partial charge in [0.15, 0.2) is 0 Å². The highest BCUT2D eigenvalue weighted by atomic mass is 35.5. The third-order valence-corrected chi connectivity index (χ3v) is 6.96. The van der Waals surface area contributed by atoms with Crippen LogP contribution < -0.4 is 0 Å². The van der Waals surface area contributed by atoms with Crippen LogP contribution in [0.25, 0.3) is 33.4 Å². The van der Waals surface area contributed by atoms with E-state index in [4.69, 9.17) is 25.7 Å². The van der Waals surface area contributed by atoms with Crippen LogP contribution in [0.2, 0.25) is 5.02 Å². The van der Waals surface area contributed by atoms with Crippen LogP contribution in [0, 0.1) is 5.92 Å². The molecule has 1 saturated heterocycles. The monoisotopic (exact) mass is 480 g/mol. The summed E-state index contributed by atoms with van der Waals surface area (Å²) in [5.41, 5.74) is 7.20. The van der Waals surface area contributed by atoms with Crippen LogP contribution in [0.3, 0.4) is 0 Å². The number of halogens is 1. The van der Waals surface area contributed by atoms with E-state index in [1.807, 2.05) is 18.2 Å². The van der Waals surface area contributed by atoms with Gasteiger partial charge in [-0.15, -0.1) is 0 Å². The fourth-order valence-corrected chi connectivity index (χ4v) is 4.91. The zero-order chi connectivity index (χ0) is 22.6. The molecule has 0 bridgehead atoms. The molecule has 1 aliphatic heterocycles. The summed E-state index contributed by atoms with van der Waals surface area (Å²) in [4.78, 5) is 14.0. The van der Waals surface area contributed by atoms with Crippen molar-refractivity contribution in [3.8, 4) is 22.4 Å². The smallest absolute Gasteiger partial charge is 0.0897 e. The molecule has 170 valence electrons. The van der Waals surface area contributed by atoms with Gasteiger partial charge in [0.1, 0.15) is 0 Å². The van der Waals surface area contributed by atoms with Crippen molar-refractivity contribution in [2.45, 2.75) is 24.2 Å². The second-order valence-corrected chi connectivity index (χ2v) is 9.41. The minimum absolute atomic E-state index is 0.647. The highest BCUT2D eigenvalue weighted by molar-refractivity contribution is 7.94. The Balaban J connectivity index is 1.35. The van der Waals surface area contributed by atoms with Gasteiger partial charge in [0.2, 0.25) is 0 Å². The van der Waals surface area contributed by atoms with Crippen molar-refractivity contribution in [2.24, 2.45) is 5.92 Å². The Morgan fingerprint density at radius 1 is 1.00 bits per heavy atom. The summed E-state index contributed by atoms with van der Waals surface area (Å²) in [6, 6.07) is 20.6. The largest absolute Gasteiger partial charge is 0.381 e. The van der Waals surface area contributed by atoms with Crippen molar-refractivity contribution in [2.75, 3.05) is 20.3 Å². The SMILES string of the molecule is COOSc1ccc(-c2ccc(-c3nc4cc(CC5CCOCC5)[nH]c4cc3Cl)cc2)cc1. The van der Waals surface area contributed by atoms with Gasteiger partial charge in [-0.1, -0.05) is 48.0 Å². The van der Waals surface area contributed by atoms with Crippen LogP contribution in [-0.4, -0.2) is 30.3 Å². The van der Waals surface area contributed by atoms with Gasteiger partial charge >= 0.3 is 0 Å². The van der Waals surface area contributed by atoms with Crippen LogP contribution in [-0.2, 0) is 20.4 Å². The molecule has 4 aromatic rings. The first-order valence-electron chi connectivity index (χ1n) is 11.0. The maximum absolute atomic E-state index is 6.63. The molecular weight excluding hydrogens is 456 g/mol. The minimum Gasteiger partial charge on any atom is -0.381 e. The van der Waals surface area contributed by atoms with E-state index in [0.29, 0.717) is 10.9 Å². The molecule has 5 rings (SSSR count). The Morgan fingerprint density at radius 2 is 1.67 bits per heavy atom. The molecule has 1 N–H and O–H groups in total. The average Bonchev–Trinajstić information content (AvgIpc) is 3.24. The summed E-state index contributed by atoms with van der Waals surface area (Å²) < 4.78 is 10.4. The number of fused-ring (bicyclic) bond motifs is 1. The Morgan fingerprint density at radius 3 is 2.36 bits per heavy atom. The maximum atomic E-state index is 6.63. The molecule has 1 fully saturated rings. The summed E-state index contributed by atoms with van der Waals surface area (Å²) in [7, 11) is 1.49. The molecule has 0 aliphatic carbocycles. The van der Waals surface area contributed by atoms with Gasteiger partial charge in [-0.25, -0.2) is 9.87 Å². The first-order chi connectivity index (χ1) is 16.2. The topological polar surface area (TPSA) is 56.4 Å². The highest BCUT2D eigenvalue weighted by Crippen LogP contribution is 2.32. The first kappa shape index (κ1) is 22.4. The lowest BCUT2D eigenvalue weighted by molar-refractivity contribution is -0.160. The Hall–Kier alpha value is -2.35. The predicted molar refractivity (Wildman–Crippen MR) is 133 cm³/mol. The number of hydrogen-bond donors (Lipinski definition) is 1. The van der Waals surface area contributed by atoms with Crippen molar-refractivity contribution in [3.63, 3.8) is 0 Å². The van der Waals surface area contributed by atoms with Crippen molar-refractivity contribution in [1.82, 2.24) is 9.97 Å². The van der Waals surface area contributed by atoms with Gasteiger partial charge in [-0.05, 0) is 60.6 Å². The third kappa shape index (κ3) is 5.26. The summed E-state index contributed by atoms with van der Waals surface area (Å²) in [6.45, 7) is 1.72. The Kier molecular flexibility index (Phi) is 6.99. The number of nitrogens with zero attached hydrogens (tertiary/aromatic N) is 1. The molecule has 0 amide bonds. The molecule has 2 aromatic heterocycles. The molecule has 0 atom stereocenters. The van der Waals surface area contributed by atoms with Gasteiger partial charge in [0.25, 0.3) is 0 Å². The molecule has 7 heteroatoms. The first-order valence-corrected chi connectivity index (χ1v) is 12.2. The zero-order valence-electron chi connectivity index (χ0n) is 18.3. The fourth-order valence-electron chi connectivity index (χ4n) is 4.26. The van der Waals surface area contributed by atoms with E-state index in [1.54, 1.807) is 0 Å². The fraction of sp³-hybridized carbons (Fsp3) is 0.269. The van der Waals surface area contributed by atoms with Crippen LogP contribution in [0.1, 0.15) is 18.5 Å². The number of ether oxygens (including phenoxy) is 1. The van der Waals surface area contributed by atoms with Gasteiger partial charge in [-0.2, -0.15) is 4.33 Å². The second-order valence-electron chi connectivity index (χ2n) is 8.23. The number of hydrogen-bond acceptors (Lipinski definition) is 5.